The molecule has 2 aromatic carbocycles. The van der Waals surface area contributed by atoms with Gasteiger partial charge in [-0.1, -0.05) is 48.5 Å². The van der Waals surface area contributed by atoms with Crippen LogP contribution in [0.15, 0.2) is 79.1 Å². The number of pyridine rings is 1. The first-order valence-corrected chi connectivity index (χ1v) is 10.3. The zero-order chi connectivity index (χ0) is 20.8. The molecule has 1 amide bonds. The summed E-state index contributed by atoms with van der Waals surface area (Å²) in [6.45, 7) is 4.02. The second-order valence-electron chi connectivity index (χ2n) is 7.27. The molecule has 0 saturated carbocycles. The Balaban J connectivity index is 1.34. The van der Waals surface area contributed by atoms with Gasteiger partial charge in [0.15, 0.2) is 0 Å². The second kappa shape index (κ2) is 9.27. The van der Waals surface area contributed by atoms with Crippen molar-refractivity contribution in [2.24, 2.45) is 0 Å². The summed E-state index contributed by atoms with van der Waals surface area (Å²) >= 11 is 0. The van der Waals surface area contributed by atoms with Gasteiger partial charge in [-0.05, 0) is 42.7 Å². The van der Waals surface area contributed by atoms with Crippen LogP contribution in [0, 0.1) is 0 Å². The monoisotopic (exact) mass is 398 g/mol. The highest BCUT2D eigenvalue weighted by molar-refractivity contribution is 5.94. The molecule has 0 aliphatic rings. The van der Waals surface area contributed by atoms with Crippen LogP contribution in [-0.4, -0.2) is 33.9 Å². The number of carbonyl (C=O) groups excluding carboxylic acids is 1. The normalized spacial score (nSPS) is 10.8. The summed E-state index contributed by atoms with van der Waals surface area (Å²) in [6, 6.07) is 22.1. The number of aromatic amines is 1. The highest BCUT2D eigenvalue weighted by Gasteiger charge is 2.15. The molecule has 0 atom stereocenters. The van der Waals surface area contributed by atoms with Gasteiger partial charge < -0.3 is 15.2 Å². The molecule has 2 N–H and O–H groups in total. The smallest absolute Gasteiger partial charge is 0.255 e. The lowest BCUT2D eigenvalue weighted by Gasteiger charge is -2.21. The number of amides is 1. The topological polar surface area (TPSA) is 61.0 Å². The van der Waals surface area contributed by atoms with Crippen LogP contribution in [0.1, 0.15) is 28.4 Å². The number of carbonyl (C=O) groups is 1. The van der Waals surface area contributed by atoms with Gasteiger partial charge >= 0.3 is 0 Å². The molecule has 0 bridgehead atoms. The van der Waals surface area contributed by atoms with Crippen molar-refractivity contribution in [3.63, 3.8) is 0 Å². The molecule has 2 heterocycles. The van der Waals surface area contributed by atoms with E-state index in [1.807, 2.05) is 60.4 Å². The SMILES string of the molecule is CCN(Cc1ccccc1)C(=O)c1ccc(NCCc2c[nH]c3ccccc23)nc1. The summed E-state index contributed by atoms with van der Waals surface area (Å²) in [4.78, 5) is 22.4. The quantitative estimate of drug-likeness (QED) is 0.445. The van der Waals surface area contributed by atoms with Gasteiger partial charge in [-0.2, -0.15) is 0 Å². The van der Waals surface area contributed by atoms with E-state index in [0.29, 0.717) is 18.7 Å². The summed E-state index contributed by atoms with van der Waals surface area (Å²) in [5.41, 5.74) is 4.17. The number of para-hydroxylation sites is 1. The van der Waals surface area contributed by atoms with E-state index in [1.54, 1.807) is 6.20 Å². The predicted octanol–water partition coefficient (Wildman–Crippen LogP) is 4.88. The van der Waals surface area contributed by atoms with Crippen molar-refractivity contribution < 1.29 is 4.79 Å². The van der Waals surface area contributed by atoms with Crippen LogP contribution in [0.25, 0.3) is 10.9 Å². The number of fused-ring (bicyclic) bond motifs is 1. The van der Waals surface area contributed by atoms with Crippen molar-refractivity contribution in [3.05, 3.63) is 95.8 Å². The van der Waals surface area contributed by atoms with Gasteiger partial charge in [0, 0.05) is 42.9 Å². The van der Waals surface area contributed by atoms with Gasteiger partial charge in [0.25, 0.3) is 5.91 Å². The molecule has 0 saturated heterocycles. The summed E-state index contributed by atoms with van der Waals surface area (Å²) in [5, 5.41) is 4.60. The maximum absolute atomic E-state index is 12.8. The highest BCUT2D eigenvalue weighted by atomic mass is 16.2. The van der Waals surface area contributed by atoms with Crippen molar-refractivity contribution in [1.29, 1.82) is 0 Å². The molecule has 30 heavy (non-hydrogen) atoms. The van der Waals surface area contributed by atoms with Gasteiger partial charge in [-0.3, -0.25) is 4.79 Å². The van der Waals surface area contributed by atoms with Gasteiger partial charge in [0.1, 0.15) is 5.82 Å². The number of hydrogen-bond donors (Lipinski definition) is 2. The zero-order valence-electron chi connectivity index (χ0n) is 17.1. The molecule has 5 heteroatoms. The first-order chi connectivity index (χ1) is 14.7. The maximum Gasteiger partial charge on any atom is 0.255 e. The molecule has 2 aromatic heterocycles. The number of rotatable bonds is 8. The van der Waals surface area contributed by atoms with Crippen LogP contribution in [0.2, 0.25) is 0 Å². The van der Waals surface area contributed by atoms with Crippen molar-refractivity contribution in [2.45, 2.75) is 19.9 Å². The third kappa shape index (κ3) is 4.51. The minimum Gasteiger partial charge on any atom is -0.370 e. The van der Waals surface area contributed by atoms with E-state index in [0.717, 1.165) is 29.9 Å². The lowest BCUT2D eigenvalue weighted by Crippen LogP contribution is -2.30. The van der Waals surface area contributed by atoms with E-state index >= 15 is 0 Å². The van der Waals surface area contributed by atoms with E-state index < -0.39 is 0 Å². The molecule has 0 unspecified atom stereocenters. The number of aromatic nitrogens is 2. The molecule has 5 nitrogen and oxygen atoms in total. The highest BCUT2D eigenvalue weighted by Crippen LogP contribution is 2.18. The average molecular weight is 399 g/mol. The van der Waals surface area contributed by atoms with Crippen LogP contribution in [0.3, 0.4) is 0 Å². The molecule has 4 rings (SSSR count). The molecule has 0 fully saturated rings. The molecular formula is C25H26N4O. The Bertz CT molecular complexity index is 1100. The van der Waals surface area contributed by atoms with Gasteiger partial charge in [0.2, 0.25) is 0 Å². The van der Waals surface area contributed by atoms with Gasteiger partial charge in [0.05, 0.1) is 5.56 Å². The van der Waals surface area contributed by atoms with Crippen molar-refractivity contribution in [2.75, 3.05) is 18.4 Å². The molecule has 0 spiro atoms. The Hall–Kier alpha value is -3.60. The summed E-state index contributed by atoms with van der Waals surface area (Å²) in [6.07, 6.45) is 4.62. The molecule has 0 aliphatic heterocycles. The van der Waals surface area contributed by atoms with Crippen molar-refractivity contribution in [1.82, 2.24) is 14.9 Å². The first-order valence-electron chi connectivity index (χ1n) is 10.3. The Kier molecular flexibility index (Phi) is 6.09. The van der Waals surface area contributed by atoms with E-state index in [2.05, 4.69) is 39.7 Å². The molecular weight excluding hydrogens is 372 g/mol. The van der Waals surface area contributed by atoms with Gasteiger partial charge in [-0.15, -0.1) is 0 Å². The van der Waals surface area contributed by atoms with Crippen LogP contribution < -0.4 is 5.32 Å². The Labute approximate surface area is 176 Å². The van der Waals surface area contributed by atoms with Crippen LogP contribution in [0.4, 0.5) is 5.82 Å². The standard InChI is InChI=1S/C25H26N4O/c1-2-29(18-19-8-4-3-5-9-19)25(30)21-12-13-24(28-17-21)26-15-14-20-16-27-23-11-7-6-10-22(20)23/h3-13,16-17,27H,2,14-15,18H2,1H3,(H,26,28). The zero-order valence-corrected chi connectivity index (χ0v) is 17.1. The van der Waals surface area contributed by atoms with E-state index in [9.17, 15) is 4.79 Å². The number of benzene rings is 2. The fourth-order valence-corrected chi connectivity index (χ4v) is 3.60. The van der Waals surface area contributed by atoms with Crippen LogP contribution in [0.5, 0.6) is 0 Å². The first kappa shape index (κ1) is 19.7. The third-order valence-electron chi connectivity index (χ3n) is 5.27. The minimum absolute atomic E-state index is 0.000745. The number of anilines is 1. The number of hydrogen-bond acceptors (Lipinski definition) is 3. The Morgan fingerprint density at radius 2 is 1.83 bits per heavy atom. The van der Waals surface area contributed by atoms with E-state index in [4.69, 9.17) is 0 Å². The fraction of sp³-hybridized carbons (Fsp3) is 0.200. The number of nitrogens with zero attached hydrogens (tertiary/aromatic N) is 2. The summed E-state index contributed by atoms with van der Waals surface area (Å²) in [5.74, 6) is 0.775. The maximum atomic E-state index is 12.8. The fourth-order valence-electron chi connectivity index (χ4n) is 3.60. The summed E-state index contributed by atoms with van der Waals surface area (Å²) in [7, 11) is 0. The lowest BCUT2D eigenvalue weighted by atomic mass is 10.1. The number of nitrogens with one attached hydrogen (secondary N) is 2. The minimum atomic E-state index is -0.000745. The lowest BCUT2D eigenvalue weighted by molar-refractivity contribution is 0.0752. The summed E-state index contributed by atoms with van der Waals surface area (Å²) < 4.78 is 0. The van der Waals surface area contributed by atoms with Crippen molar-refractivity contribution >= 4 is 22.6 Å². The average Bonchev–Trinajstić information content (AvgIpc) is 3.21. The van der Waals surface area contributed by atoms with Gasteiger partial charge in [-0.25, -0.2) is 4.98 Å². The molecule has 152 valence electrons. The molecule has 4 aromatic rings. The van der Waals surface area contributed by atoms with Crippen molar-refractivity contribution in [3.8, 4) is 0 Å². The second-order valence-corrected chi connectivity index (χ2v) is 7.27. The predicted molar refractivity (Wildman–Crippen MR) is 122 cm³/mol. The largest absolute Gasteiger partial charge is 0.370 e. The Morgan fingerprint density at radius 1 is 1.03 bits per heavy atom. The van der Waals surface area contributed by atoms with E-state index in [-0.39, 0.29) is 5.91 Å². The van der Waals surface area contributed by atoms with Crippen LogP contribution in [-0.2, 0) is 13.0 Å². The Morgan fingerprint density at radius 3 is 2.60 bits per heavy atom. The molecule has 0 aliphatic carbocycles. The van der Waals surface area contributed by atoms with E-state index in [1.165, 1.54) is 10.9 Å². The molecule has 0 radical (unpaired) electrons. The third-order valence-corrected chi connectivity index (χ3v) is 5.27. The van der Waals surface area contributed by atoms with Crippen LogP contribution >= 0.6 is 0 Å². The number of H-pyrrole nitrogens is 1.